The van der Waals surface area contributed by atoms with Crippen LogP contribution < -0.4 is 5.56 Å². The molecule has 4 nitrogen and oxygen atoms in total. The Morgan fingerprint density at radius 1 is 1.22 bits per heavy atom. The number of rotatable bonds is 1. The number of nitrogens with zero attached hydrogens (tertiary/aromatic N) is 2. The molecule has 0 unspecified atom stereocenters. The molecule has 0 amide bonds. The molecule has 0 saturated carbocycles. The van der Waals surface area contributed by atoms with Gasteiger partial charge in [-0.25, -0.2) is 9.97 Å². The Bertz CT molecular complexity index is 783. The predicted molar refractivity (Wildman–Crippen MR) is 73.5 cm³/mol. The number of hydrogen-bond donors (Lipinski definition) is 1. The maximum atomic E-state index is 11.9. The van der Waals surface area contributed by atoms with E-state index in [2.05, 4.69) is 15.0 Å². The van der Waals surface area contributed by atoms with Gasteiger partial charge in [-0.1, -0.05) is 23.2 Å². The number of aromatic nitrogens is 3. The standard InChI is InChI=1S/C11H5Cl2N3OS/c12-6-3-5-8(4-7(6)13)15-9(16-10(5)17)11-14-1-2-18-11/h1-4H,(H,15,16,17). The van der Waals surface area contributed by atoms with E-state index in [1.807, 2.05) is 5.38 Å². The normalized spacial score (nSPS) is 11.0. The first kappa shape index (κ1) is 11.6. The Kier molecular flexibility index (Phi) is 2.81. The minimum Gasteiger partial charge on any atom is -0.304 e. The van der Waals surface area contributed by atoms with Crippen LogP contribution in [0.2, 0.25) is 10.0 Å². The van der Waals surface area contributed by atoms with Crippen LogP contribution in [0.4, 0.5) is 0 Å². The summed E-state index contributed by atoms with van der Waals surface area (Å²) in [5.41, 5.74) is 0.238. The van der Waals surface area contributed by atoms with E-state index in [4.69, 9.17) is 23.2 Å². The number of H-pyrrole nitrogens is 1. The van der Waals surface area contributed by atoms with Crippen LogP contribution in [-0.4, -0.2) is 15.0 Å². The molecular weight excluding hydrogens is 293 g/mol. The van der Waals surface area contributed by atoms with Gasteiger partial charge in [0.25, 0.3) is 5.56 Å². The zero-order valence-electron chi connectivity index (χ0n) is 8.78. The highest BCUT2D eigenvalue weighted by atomic mass is 35.5. The smallest absolute Gasteiger partial charge is 0.259 e. The molecule has 0 aliphatic carbocycles. The Morgan fingerprint density at radius 2 is 2.00 bits per heavy atom. The van der Waals surface area contributed by atoms with Gasteiger partial charge >= 0.3 is 0 Å². The third kappa shape index (κ3) is 1.90. The highest BCUT2D eigenvalue weighted by Crippen LogP contribution is 2.26. The molecule has 3 aromatic rings. The summed E-state index contributed by atoms with van der Waals surface area (Å²) in [5.74, 6) is 0.431. The summed E-state index contributed by atoms with van der Waals surface area (Å²) < 4.78 is 0. The van der Waals surface area contributed by atoms with Gasteiger partial charge in [0.15, 0.2) is 10.8 Å². The molecule has 0 atom stereocenters. The van der Waals surface area contributed by atoms with E-state index in [1.165, 1.54) is 17.4 Å². The van der Waals surface area contributed by atoms with Gasteiger partial charge in [-0.2, -0.15) is 0 Å². The van der Waals surface area contributed by atoms with Crippen LogP contribution in [0.3, 0.4) is 0 Å². The number of thiazole rings is 1. The van der Waals surface area contributed by atoms with E-state index in [1.54, 1.807) is 12.3 Å². The average Bonchev–Trinajstić information content (AvgIpc) is 2.85. The summed E-state index contributed by atoms with van der Waals surface area (Å²) in [5, 5.41) is 3.57. The molecule has 3 rings (SSSR count). The molecule has 0 aliphatic rings. The SMILES string of the molecule is O=c1[nH]c(-c2nccs2)nc2cc(Cl)c(Cl)cc12. The van der Waals surface area contributed by atoms with Gasteiger partial charge in [-0.05, 0) is 12.1 Å². The van der Waals surface area contributed by atoms with Gasteiger partial charge in [0, 0.05) is 11.6 Å². The quantitative estimate of drug-likeness (QED) is 0.749. The van der Waals surface area contributed by atoms with Crippen LogP contribution in [0.1, 0.15) is 0 Å². The number of aromatic amines is 1. The van der Waals surface area contributed by atoms with Crippen molar-refractivity contribution < 1.29 is 0 Å². The predicted octanol–water partition coefficient (Wildman–Crippen LogP) is 3.35. The van der Waals surface area contributed by atoms with Crippen LogP contribution in [0.5, 0.6) is 0 Å². The Labute approximate surface area is 115 Å². The van der Waals surface area contributed by atoms with Crippen LogP contribution >= 0.6 is 34.5 Å². The van der Waals surface area contributed by atoms with Crippen molar-refractivity contribution in [1.82, 2.24) is 15.0 Å². The van der Waals surface area contributed by atoms with E-state index >= 15 is 0 Å². The minimum atomic E-state index is -0.260. The first-order valence-electron chi connectivity index (χ1n) is 4.94. The molecule has 1 N–H and O–H groups in total. The lowest BCUT2D eigenvalue weighted by atomic mass is 10.2. The van der Waals surface area contributed by atoms with Gasteiger partial charge in [0.05, 0.1) is 20.9 Å². The molecule has 1 aromatic carbocycles. The fourth-order valence-corrected chi connectivity index (χ4v) is 2.48. The largest absolute Gasteiger partial charge is 0.304 e. The van der Waals surface area contributed by atoms with E-state index in [-0.39, 0.29) is 5.56 Å². The molecule has 0 radical (unpaired) electrons. The van der Waals surface area contributed by atoms with E-state index in [0.29, 0.717) is 31.8 Å². The van der Waals surface area contributed by atoms with Crippen LogP contribution in [-0.2, 0) is 0 Å². The number of benzene rings is 1. The lowest BCUT2D eigenvalue weighted by molar-refractivity contribution is 1.16. The summed E-state index contributed by atoms with van der Waals surface area (Å²) in [6.45, 7) is 0. The first-order chi connectivity index (χ1) is 8.65. The minimum absolute atomic E-state index is 0.260. The molecule has 2 aromatic heterocycles. The molecule has 2 heterocycles. The zero-order chi connectivity index (χ0) is 12.7. The van der Waals surface area contributed by atoms with Crippen molar-refractivity contribution in [2.24, 2.45) is 0 Å². The lowest BCUT2D eigenvalue weighted by Gasteiger charge is -2.02. The van der Waals surface area contributed by atoms with Crippen LogP contribution in [0.15, 0.2) is 28.5 Å². The van der Waals surface area contributed by atoms with Crippen LogP contribution in [0, 0.1) is 0 Å². The van der Waals surface area contributed by atoms with E-state index in [0.717, 1.165) is 0 Å². The monoisotopic (exact) mass is 297 g/mol. The highest BCUT2D eigenvalue weighted by Gasteiger charge is 2.10. The molecule has 7 heteroatoms. The fraction of sp³-hybridized carbons (Fsp3) is 0. The Balaban J connectivity index is 2.34. The average molecular weight is 298 g/mol. The molecule has 0 saturated heterocycles. The van der Waals surface area contributed by atoms with Crippen molar-refractivity contribution in [1.29, 1.82) is 0 Å². The summed E-state index contributed by atoms with van der Waals surface area (Å²) in [7, 11) is 0. The second-order valence-corrected chi connectivity index (χ2v) is 5.24. The number of hydrogen-bond acceptors (Lipinski definition) is 4. The number of fused-ring (bicyclic) bond motifs is 1. The third-order valence-corrected chi connectivity index (χ3v) is 3.88. The molecular formula is C11H5Cl2N3OS. The van der Waals surface area contributed by atoms with Crippen molar-refractivity contribution in [3.05, 3.63) is 44.1 Å². The van der Waals surface area contributed by atoms with Crippen molar-refractivity contribution in [3.63, 3.8) is 0 Å². The maximum Gasteiger partial charge on any atom is 0.259 e. The topological polar surface area (TPSA) is 58.6 Å². The van der Waals surface area contributed by atoms with Gasteiger partial charge in [-0.15, -0.1) is 11.3 Å². The Morgan fingerprint density at radius 3 is 2.72 bits per heavy atom. The van der Waals surface area contributed by atoms with Crippen molar-refractivity contribution >= 4 is 45.4 Å². The molecule has 0 fully saturated rings. The van der Waals surface area contributed by atoms with Crippen molar-refractivity contribution in [3.8, 4) is 10.8 Å². The molecule has 90 valence electrons. The third-order valence-electron chi connectivity index (χ3n) is 2.38. The van der Waals surface area contributed by atoms with E-state index < -0.39 is 0 Å². The van der Waals surface area contributed by atoms with Crippen molar-refractivity contribution in [2.75, 3.05) is 0 Å². The van der Waals surface area contributed by atoms with Gasteiger partial charge in [0.2, 0.25) is 0 Å². The summed E-state index contributed by atoms with van der Waals surface area (Å²) in [6, 6.07) is 3.09. The number of nitrogens with one attached hydrogen (secondary N) is 1. The molecule has 0 bridgehead atoms. The lowest BCUT2D eigenvalue weighted by Crippen LogP contribution is -2.09. The summed E-state index contributed by atoms with van der Waals surface area (Å²) in [6.07, 6.45) is 1.65. The second kappa shape index (κ2) is 4.35. The molecule has 18 heavy (non-hydrogen) atoms. The first-order valence-corrected chi connectivity index (χ1v) is 6.57. The van der Waals surface area contributed by atoms with E-state index in [9.17, 15) is 4.79 Å². The molecule has 0 spiro atoms. The molecule has 0 aliphatic heterocycles. The summed E-state index contributed by atoms with van der Waals surface area (Å²) >= 11 is 13.2. The maximum absolute atomic E-state index is 11.9. The van der Waals surface area contributed by atoms with Gasteiger partial charge in [0.1, 0.15) is 0 Å². The summed E-state index contributed by atoms with van der Waals surface area (Å²) in [4.78, 5) is 23.0. The highest BCUT2D eigenvalue weighted by molar-refractivity contribution is 7.13. The second-order valence-electron chi connectivity index (χ2n) is 3.54. The Hall–Kier alpha value is -1.43. The fourth-order valence-electron chi connectivity index (χ4n) is 1.58. The van der Waals surface area contributed by atoms with Gasteiger partial charge < -0.3 is 4.98 Å². The zero-order valence-corrected chi connectivity index (χ0v) is 11.1. The van der Waals surface area contributed by atoms with Gasteiger partial charge in [-0.3, -0.25) is 4.79 Å². The van der Waals surface area contributed by atoms with Crippen LogP contribution in [0.25, 0.3) is 21.7 Å². The van der Waals surface area contributed by atoms with Crippen molar-refractivity contribution in [2.45, 2.75) is 0 Å². The number of halogens is 2.